The van der Waals surface area contributed by atoms with E-state index in [0.717, 1.165) is 17.0 Å². The molecule has 1 saturated heterocycles. The number of aromatic nitrogens is 2. The van der Waals surface area contributed by atoms with Gasteiger partial charge in [-0.25, -0.2) is 18.6 Å². The van der Waals surface area contributed by atoms with E-state index in [1.807, 2.05) is 24.3 Å². The maximum Gasteiger partial charge on any atom is 0.331 e. The molecule has 8 heteroatoms. The third kappa shape index (κ3) is 2.83. The Balaban J connectivity index is 1.74. The van der Waals surface area contributed by atoms with Crippen molar-refractivity contribution in [3.63, 3.8) is 0 Å². The van der Waals surface area contributed by atoms with Gasteiger partial charge in [-0.15, -0.1) is 0 Å². The predicted octanol–water partition coefficient (Wildman–Crippen LogP) is 3.91. The molecule has 4 rings (SSSR count). The normalized spacial score (nSPS) is 17.0. The summed E-state index contributed by atoms with van der Waals surface area (Å²) in [6.45, 7) is 0.0829. The van der Waals surface area contributed by atoms with Crippen LogP contribution in [0, 0.1) is 11.3 Å². The van der Waals surface area contributed by atoms with Crippen LogP contribution in [-0.2, 0) is 0 Å². The molecule has 0 N–H and O–H groups in total. The van der Waals surface area contributed by atoms with Crippen LogP contribution in [0.25, 0.3) is 10.8 Å². The number of fused-ring (bicyclic) bond motifs is 1. The fourth-order valence-electron chi connectivity index (χ4n) is 3.14. The Hall–Kier alpha value is -3.60. The van der Waals surface area contributed by atoms with E-state index in [9.17, 15) is 18.8 Å². The van der Waals surface area contributed by atoms with Crippen LogP contribution in [0.15, 0.2) is 55.0 Å². The highest BCUT2D eigenvalue weighted by Crippen LogP contribution is 2.32. The van der Waals surface area contributed by atoms with Crippen molar-refractivity contribution in [1.29, 1.82) is 5.26 Å². The smallest absolute Gasteiger partial charge is 0.275 e. The first-order chi connectivity index (χ1) is 13.1. The Labute approximate surface area is 153 Å². The molecule has 1 aromatic carbocycles. The molecule has 0 unspecified atom stereocenters. The first kappa shape index (κ1) is 16.8. The van der Waals surface area contributed by atoms with E-state index in [2.05, 4.69) is 16.0 Å². The second kappa shape index (κ2) is 6.61. The molecule has 1 atom stereocenters. The molecule has 0 saturated carbocycles. The van der Waals surface area contributed by atoms with Gasteiger partial charge in [0.2, 0.25) is 0 Å². The number of rotatable bonds is 3. The van der Waals surface area contributed by atoms with Crippen molar-refractivity contribution >= 4 is 28.3 Å². The maximum absolute atomic E-state index is 13.0. The number of nitrogens with zero attached hydrogens (tertiary/aromatic N) is 5. The van der Waals surface area contributed by atoms with E-state index in [4.69, 9.17) is 0 Å². The Kier molecular flexibility index (Phi) is 4.12. The van der Waals surface area contributed by atoms with Crippen LogP contribution in [0.4, 0.5) is 25.1 Å². The number of amides is 2. The number of halogens is 2. The van der Waals surface area contributed by atoms with Gasteiger partial charge in [-0.3, -0.25) is 14.8 Å². The van der Waals surface area contributed by atoms with Crippen LogP contribution in [0.3, 0.4) is 0 Å². The van der Waals surface area contributed by atoms with Gasteiger partial charge < -0.3 is 0 Å². The second-order valence-corrected chi connectivity index (χ2v) is 6.04. The molecule has 2 amide bonds. The van der Waals surface area contributed by atoms with Crippen LogP contribution in [-0.4, -0.2) is 28.6 Å². The number of benzene rings is 1. The summed E-state index contributed by atoms with van der Waals surface area (Å²) in [6.07, 6.45) is 1.63. The summed E-state index contributed by atoms with van der Waals surface area (Å²) in [5.74, 6) is 0.223. The standard InChI is InChI=1S/C19H13F2N5O/c20-18(21)13-5-6-17(24-9-13)25-11-14(7-22)26(19(25)27)16-10-23-8-12-3-1-2-4-15(12)16/h1-6,8-10,14,18H,11H2/t14-/m1/s1. The average Bonchev–Trinajstić information content (AvgIpc) is 3.03. The zero-order chi connectivity index (χ0) is 19.0. The number of carbonyl (C=O) groups is 1. The topological polar surface area (TPSA) is 73.1 Å². The highest BCUT2D eigenvalue weighted by molar-refractivity contribution is 6.11. The van der Waals surface area contributed by atoms with Crippen LogP contribution in [0.5, 0.6) is 0 Å². The Bertz CT molecular complexity index is 1040. The lowest BCUT2D eigenvalue weighted by Crippen LogP contribution is -2.35. The minimum absolute atomic E-state index is 0.0829. The largest absolute Gasteiger partial charge is 0.331 e. The zero-order valence-electron chi connectivity index (χ0n) is 14.0. The monoisotopic (exact) mass is 365 g/mol. The lowest BCUT2D eigenvalue weighted by Gasteiger charge is -2.20. The number of nitriles is 1. The van der Waals surface area contributed by atoms with Crippen molar-refractivity contribution in [2.75, 3.05) is 16.3 Å². The summed E-state index contributed by atoms with van der Waals surface area (Å²) >= 11 is 0. The third-order valence-electron chi connectivity index (χ3n) is 4.46. The molecule has 0 spiro atoms. The van der Waals surface area contributed by atoms with E-state index in [0.29, 0.717) is 5.69 Å². The van der Waals surface area contributed by atoms with Crippen molar-refractivity contribution in [1.82, 2.24) is 9.97 Å². The first-order valence-corrected chi connectivity index (χ1v) is 8.17. The second-order valence-electron chi connectivity index (χ2n) is 6.04. The quantitative estimate of drug-likeness (QED) is 0.705. The Morgan fingerprint density at radius 1 is 1.15 bits per heavy atom. The number of anilines is 2. The lowest BCUT2D eigenvalue weighted by atomic mass is 10.1. The highest BCUT2D eigenvalue weighted by Gasteiger charge is 2.40. The fourth-order valence-corrected chi connectivity index (χ4v) is 3.14. The molecular formula is C19H13F2N5O. The SMILES string of the molecule is N#C[C@@H]1CN(c2ccc(C(F)F)cn2)C(=O)N1c1cncc2ccccc12. The molecule has 3 heterocycles. The van der Waals surface area contributed by atoms with Gasteiger partial charge in [-0.2, -0.15) is 5.26 Å². The lowest BCUT2D eigenvalue weighted by molar-refractivity contribution is 0.151. The Morgan fingerprint density at radius 3 is 2.67 bits per heavy atom. The summed E-state index contributed by atoms with van der Waals surface area (Å²) in [7, 11) is 0. The first-order valence-electron chi connectivity index (χ1n) is 8.17. The predicted molar refractivity (Wildman–Crippen MR) is 95.6 cm³/mol. The molecule has 27 heavy (non-hydrogen) atoms. The van der Waals surface area contributed by atoms with Crippen LogP contribution >= 0.6 is 0 Å². The minimum Gasteiger partial charge on any atom is -0.275 e. The number of hydrogen-bond acceptors (Lipinski definition) is 4. The summed E-state index contributed by atoms with van der Waals surface area (Å²) in [5.41, 5.74) is 0.300. The number of hydrogen-bond donors (Lipinski definition) is 0. The van der Waals surface area contributed by atoms with E-state index in [1.165, 1.54) is 21.9 Å². The molecule has 2 aromatic heterocycles. The fraction of sp³-hybridized carbons (Fsp3) is 0.158. The van der Waals surface area contributed by atoms with Gasteiger partial charge in [0, 0.05) is 28.7 Å². The molecule has 0 bridgehead atoms. The highest BCUT2D eigenvalue weighted by atomic mass is 19.3. The van der Waals surface area contributed by atoms with Gasteiger partial charge in [0.05, 0.1) is 24.5 Å². The third-order valence-corrected chi connectivity index (χ3v) is 4.46. The molecule has 6 nitrogen and oxygen atoms in total. The molecule has 3 aromatic rings. The van der Waals surface area contributed by atoms with Crippen LogP contribution in [0.1, 0.15) is 12.0 Å². The van der Waals surface area contributed by atoms with Gasteiger partial charge in [0.15, 0.2) is 0 Å². The number of pyridine rings is 2. The van der Waals surface area contributed by atoms with Crippen LogP contribution in [0.2, 0.25) is 0 Å². The molecule has 0 aliphatic carbocycles. The summed E-state index contributed by atoms with van der Waals surface area (Å²) in [4.78, 5) is 23.8. The van der Waals surface area contributed by atoms with Crippen LogP contribution < -0.4 is 9.80 Å². The molecular weight excluding hydrogens is 352 g/mol. The summed E-state index contributed by atoms with van der Waals surface area (Å²) < 4.78 is 25.4. The van der Waals surface area contributed by atoms with E-state index in [-0.39, 0.29) is 17.9 Å². The number of alkyl halides is 2. The van der Waals surface area contributed by atoms with Crippen molar-refractivity contribution < 1.29 is 13.6 Å². The van der Waals surface area contributed by atoms with Crippen molar-refractivity contribution in [2.24, 2.45) is 0 Å². The van der Waals surface area contributed by atoms with Gasteiger partial charge in [-0.1, -0.05) is 24.3 Å². The minimum atomic E-state index is -2.63. The molecule has 1 aliphatic rings. The summed E-state index contributed by atoms with van der Waals surface area (Å²) in [5, 5.41) is 11.2. The van der Waals surface area contributed by atoms with Gasteiger partial charge in [0.25, 0.3) is 6.43 Å². The van der Waals surface area contributed by atoms with E-state index >= 15 is 0 Å². The van der Waals surface area contributed by atoms with Gasteiger partial charge >= 0.3 is 6.03 Å². The average molecular weight is 365 g/mol. The Morgan fingerprint density at radius 2 is 1.96 bits per heavy atom. The zero-order valence-corrected chi connectivity index (χ0v) is 14.0. The van der Waals surface area contributed by atoms with Gasteiger partial charge in [0.1, 0.15) is 11.9 Å². The maximum atomic E-state index is 13.0. The molecule has 1 aliphatic heterocycles. The number of carbonyl (C=O) groups excluding carboxylic acids is 1. The van der Waals surface area contributed by atoms with Crippen molar-refractivity contribution in [2.45, 2.75) is 12.5 Å². The van der Waals surface area contributed by atoms with Crippen molar-refractivity contribution in [3.05, 3.63) is 60.6 Å². The van der Waals surface area contributed by atoms with Gasteiger partial charge in [-0.05, 0) is 12.1 Å². The summed E-state index contributed by atoms with van der Waals surface area (Å²) in [6, 6.07) is 10.9. The van der Waals surface area contributed by atoms with E-state index in [1.54, 1.807) is 12.4 Å². The molecule has 134 valence electrons. The molecule has 0 radical (unpaired) electrons. The molecule has 1 fully saturated rings. The van der Waals surface area contributed by atoms with Crippen molar-refractivity contribution in [3.8, 4) is 6.07 Å². The number of urea groups is 1. The van der Waals surface area contributed by atoms with E-state index < -0.39 is 18.5 Å².